The third-order valence-corrected chi connectivity index (χ3v) is 5.44. The van der Waals surface area contributed by atoms with Crippen molar-refractivity contribution < 1.29 is 9.53 Å². The molecule has 2 bridgehead atoms. The first kappa shape index (κ1) is 14.6. The molecule has 2 aliphatic rings. The number of hydrogen-bond acceptors (Lipinski definition) is 6. The number of amides is 1. The van der Waals surface area contributed by atoms with E-state index in [9.17, 15) is 4.79 Å². The van der Waals surface area contributed by atoms with Gasteiger partial charge < -0.3 is 20.7 Å². The van der Waals surface area contributed by atoms with Crippen molar-refractivity contribution in [3.8, 4) is 0 Å². The predicted octanol–water partition coefficient (Wildman–Crippen LogP) is 1.62. The number of thiazole rings is 1. The van der Waals surface area contributed by atoms with Crippen LogP contribution in [0.4, 0.5) is 10.9 Å². The van der Waals surface area contributed by atoms with Crippen LogP contribution in [0, 0.1) is 0 Å². The summed E-state index contributed by atoms with van der Waals surface area (Å²) >= 11 is 1.37. The molecule has 3 N–H and O–H groups in total. The fourth-order valence-electron chi connectivity index (χ4n) is 3.14. The number of aromatic nitrogens is 1. The van der Waals surface area contributed by atoms with Crippen molar-refractivity contribution in [2.24, 2.45) is 0 Å². The predicted molar refractivity (Wildman–Crippen MR) is 83.9 cm³/mol. The largest absolute Gasteiger partial charge is 0.382 e. The summed E-state index contributed by atoms with van der Waals surface area (Å²) in [5.41, 5.74) is 5.92. The number of nitrogen functional groups attached to an aromatic ring is 1. The molecular formula is C14H22N4O2S. The second-order valence-electron chi connectivity index (χ2n) is 5.57. The number of carbonyl (C=O) groups is 1. The van der Waals surface area contributed by atoms with Crippen LogP contribution in [0.5, 0.6) is 0 Å². The lowest BCUT2D eigenvalue weighted by Gasteiger charge is -2.19. The van der Waals surface area contributed by atoms with Gasteiger partial charge >= 0.3 is 0 Å². The summed E-state index contributed by atoms with van der Waals surface area (Å²) in [6, 6.07) is 0.120. The van der Waals surface area contributed by atoms with Crippen LogP contribution in [-0.4, -0.2) is 42.2 Å². The number of fused-ring (bicyclic) bond motifs is 2. The molecule has 3 rings (SSSR count). The van der Waals surface area contributed by atoms with Gasteiger partial charge in [-0.15, -0.1) is 0 Å². The van der Waals surface area contributed by atoms with Crippen LogP contribution >= 0.6 is 11.3 Å². The highest BCUT2D eigenvalue weighted by Gasteiger charge is 2.41. The summed E-state index contributed by atoms with van der Waals surface area (Å²) in [6.07, 6.45) is 3.57. The molecule has 1 aromatic heterocycles. The van der Waals surface area contributed by atoms with Crippen LogP contribution in [0.1, 0.15) is 42.8 Å². The van der Waals surface area contributed by atoms with Gasteiger partial charge in [0.15, 0.2) is 5.13 Å². The Kier molecular flexibility index (Phi) is 4.03. The van der Waals surface area contributed by atoms with E-state index in [1.807, 2.05) is 0 Å². The van der Waals surface area contributed by atoms with Gasteiger partial charge in [-0.1, -0.05) is 11.3 Å². The lowest BCUT2D eigenvalue weighted by molar-refractivity contribution is 0.0844. The van der Waals surface area contributed by atoms with E-state index >= 15 is 0 Å². The monoisotopic (exact) mass is 310 g/mol. The summed E-state index contributed by atoms with van der Waals surface area (Å²) in [4.78, 5) is 19.4. The van der Waals surface area contributed by atoms with Crippen LogP contribution in [0.3, 0.4) is 0 Å². The van der Waals surface area contributed by atoms with E-state index in [-0.39, 0.29) is 18.1 Å². The number of hydrogen-bond donors (Lipinski definition) is 2. The molecule has 0 aliphatic carbocycles. The van der Waals surface area contributed by atoms with Crippen LogP contribution in [0.25, 0.3) is 0 Å². The van der Waals surface area contributed by atoms with Crippen molar-refractivity contribution >= 4 is 28.2 Å². The Morgan fingerprint density at radius 3 is 2.81 bits per heavy atom. The number of nitrogens with two attached hydrogens (primary N) is 1. The maximum absolute atomic E-state index is 12.4. The molecule has 6 nitrogen and oxygen atoms in total. The molecule has 2 aliphatic heterocycles. The zero-order valence-electron chi connectivity index (χ0n) is 12.5. The smallest absolute Gasteiger partial charge is 0.265 e. The number of nitrogens with zero attached hydrogens (tertiary/aromatic N) is 2. The Morgan fingerprint density at radius 1 is 1.48 bits per heavy atom. The first-order chi connectivity index (χ1) is 10.1. The number of ether oxygens (including phenoxy) is 1. The fourth-order valence-corrected chi connectivity index (χ4v) is 4.15. The maximum atomic E-state index is 12.4. The van der Waals surface area contributed by atoms with E-state index in [1.54, 1.807) is 0 Å². The third kappa shape index (κ3) is 2.72. The normalized spacial score (nSPS) is 27.0. The van der Waals surface area contributed by atoms with Crippen molar-refractivity contribution in [2.45, 2.75) is 51.4 Å². The number of carbonyl (C=O) groups excluding carboxylic acids is 1. The molecule has 116 valence electrons. The van der Waals surface area contributed by atoms with E-state index in [1.165, 1.54) is 11.3 Å². The molecule has 21 heavy (non-hydrogen) atoms. The van der Waals surface area contributed by atoms with E-state index in [0.717, 1.165) is 37.5 Å². The highest BCUT2D eigenvalue weighted by Crippen LogP contribution is 2.35. The van der Waals surface area contributed by atoms with Gasteiger partial charge in [-0.25, -0.2) is 4.98 Å². The van der Waals surface area contributed by atoms with Crippen molar-refractivity contribution in [3.63, 3.8) is 0 Å². The van der Waals surface area contributed by atoms with Gasteiger partial charge in [-0.3, -0.25) is 4.79 Å². The average Bonchev–Trinajstić information content (AvgIpc) is 3.15. The number of nitrogens with one attached hydrogen (secondary N) is 1. The van der Waals surface area contributed by atoms with E-state index < -0.39 is 0 Å². The van der Waals surface area contributed by atoms with Gasteiger partial charge in [-0.2, -0.15) is 0 Å². The summed E-state index contributed by atoms with van der Waals surface area (Å²) in [7, 11) is 0. The van der Waals surface area contributed by atoms with Crippen LogP contribution in [0.15, 0.2) is 0 Å². The average molecular weight is 310 g/mol. The molecular weight excluding hydrogens is 288 g/mol. The second kappa shape index (κ2) is 5.81. The molecule has 2 fully saturated rings. The van der Waals surface area contributed by atoms with Crippen molar-refractivity contribution in [1.82, 2.24) is 10.3 Å². The Balaban J connectivity index is 1.70. The highest BCUT2D eigenvalue weighted by molar-refractivity contribution is 7.18. The second-order valence-corrected chi connectivity index (χ2v) is 6.55. The Hall–Kier alpha value is -1.34. The van der Waals surface area contributed by atoms with Gasteiger partial charge in [0.25, 0.3) is 5.91 Å². The van der Waals surface area contributed by atoms with E-state index in [0.29, 0.717) is 16.8 Å². The topological polar surface area (TPSA) is 80.5 Å². The summed E-state index contributed by atoms with van der Waals surface area (Å²) in [6.45, 7) is 5.83. The Morgan fingerprint density at radius 2 is 2.24 bits per heavy atom. The standard InChI is InChI=1S/C14H22N4O2S/c1-3-18(4-2)14-17-12(15)11(21-14)13(19)16-9-7-8-5-6-10(9)20-8/h8-10H,3-7,15H2,1-2H3,(H,16,19). The van der Waals surface area contributed by atoms with Gasteiger partial charge in [0.1, 0.15) is 10.7 Å². The first-order valence-electron chi connectivity index (χ1n) is 7.59. The molecule has 0 spiro atoms. The Labute approximate surface area is 128 Å². The molecule has 0 radical (unpaired) electrons. The molecule has 1 aromatic rings. The van der Waals surface area contributed by atoms with Crippen molar-refractivity contribution in [3.05, 3.63) is 4.88 Å². The number of anilines is 2. The maximum Gasteiger partial charge on any atom is 0.265 e. The molecule has 3 atom stereocenters. The minimum atomic E-state index is -0.121. The third-order valence-electron chi connectivity index (χ3n) is 4.30. The molecule has 3 unspecified atom stereocenters. The lowest BCUT2D eigenvalue weighted by Crippen LogP contribution is -2.41. The lowest BCUT2D eigenvalue weighted by atomic mass is 9.95. The van der Waals surface area contributed by atoms with Crippen LogP contribution < -0.4 is 16.0 Å². The van der Waals surface area contributed by atoms with Crippen LogP contribution in [0.2, 0.25) is 0 Å². The quantitative estimate of drug-likeness (QED) is 0.864. The fraction of sp³-hybridized carbons (Fsp3) is 0.714. The summed E-state index contributed by atoms with van der Waals surface area (Å²) in [5, 5.41) is 3.88. The highest BCUT2D eigenvalue weighted by atomic mass is 32.1. The molecule has 0 aromatic carbocycles. The van der Waals surface area contributed by atoms with E-state index in [4.69, 9.17) is 10.5 Å². The molecule has 2 saturated heterocycles. The zero-order chi connectivity index (χ0) is 15.0. The minimum absolute atomic E-state index is 0.120. The van der Waals surface area contributed by atoms with Gasteiger partial charge in [-0.05, 0) is 33.1 Å². The zero-order valence-corrected chi connectivity index (χ0v) is 13.3. The number of rotatable bonds is 5. The van der Waals surface area contributed by atoms with Gasteiger partial charge in [0.05, 0.1) is 18.2 Å². The SMILES string of the molecule is CCN(CC)c1nc(N)c(C(=O)NC2CC3CCC2O3)s1. The summed E-state index contributed by atoms with van der Waals surface area (Å²) in [5.74, 6) is 0.202. The van der Waals surface area contributed by atoms with E-state index in [2.05, 4.69) is 29.0 Å². The Bertz CT molecular complexity index is 529. The van der Waals surface area contributed by atoms with Crippen molar-refractivity contribution in [2.75, 3.05) is 23.7 Å². The van der Waals surface area contributed by atoms with Crippen LogP contribution in [-0.2, 0) is 4.74 Å². The van der Waals surface area contributed by atoms with Gasteiger partial charge in [0.2, 0.25) is 0 Å². The summed E-state index contributed by atoms with van der Waals surface area (Å²) < 4.78 is 5.76. The molecule has 1 amide bonds. The van der Waals surface area contributed by atoms with Gasteiger partial charge in [0, 0.05) is 13.1 Å². The van der Waals surface area contributed by atoms with Crippen molar-refractivity contribution in [1.29, 1.82) is 0 Å². The molecule has 0 saturated carbocycles. The first-order valence-corrected chi connectivity index (χ1v) is 8.41. The molecule has 3 heterocycles. The molecule has 7 heteroatoms. The minimum Gasteiger partial charge on any atom is -0.382 e.